The first kappa shape index (κ1) is 13.7. The summed E-state index contributed by atoms with van der Waals surface area (Å²) in [7, 11) is 1.87. The van der Waals surface area contributed by atoms with E-state index < -0.39 is 12.8 Å². The molecule has 0 bridgehead atoms. The molecule has 0 aromatic carbocycles. The van der Waals surface area contributed by atoms with Gasteiger partial charge in [-0.3, -0.25) is 0 Å². The van der Waals surface area contributed by atoms with Crippen LogP contribution >= 0.6 is 0 Å². The van der Waals surface area contributed by atoms with Crippen LogP contribution in [0.4, 0.5) is 13.2 Å². The molecule has 0 aliphatic heterocycles. The number of rotatable bonds is 7. The fourth-order valence-electron chi connectivity index (χ4n) is 0.987. The first-order chi connectivity index (χ1) is 6.45. The van der Waals surface area contributed by atoms with Crippen molar-refractivity contribution in [1.29, 1.82) is 0 Å². The summed E-state index contributed by atoms with van der Waals surface area (Å²) < 4.78 is 39.3. The summed E-state index contributed by atoms with van der Waals surface area (Å²) in [6.45, 7) is 1.10. The van der Waals surface area contributed by atoms with E-state index in [2.05, 4.69) is 10.1 Å². The van der Waals surface area contributed by atoms with Gasteiger partial charge in [-0.1, -0.05) is 0 Å². The number of nitrogens with one attached hydrogen (secondary N) is 1. The first-order valence-electron chi connectivity index (χ1n) is 4.77. The van der Waals surface area contributed by atoms with Crippen LogP contribution in [0.15, 0.2) is 0 Å². The van der Waals surface area contributed by atoms with Gasteiger partial charge in [-0.2, -0.15) is 13.2 Å². The maximum atomic E-state index is 11.6. The van der Waals surface area contributed by atoms with Gasteiger partial charge in [-0.25, -0.2) is 0 Å². The van der Waals surface area contributed by atoms with Gasteiger partial charge in [0.05, 0.1) is 0 Å². The lowest BCUT2D eigenvalue weighted by Gasteiger charge is -2.10. The van der Waals surface area contributed by atoms with Crippen LogP contribution in [0.3, 0.4) is 0 Å². The van der Waals surface area contributed by atoms with Crippen LogP contribution in [0, 0.1) is 0 Å². The van der Waals surface area contributed by atoms with Gasteiger partial charge in [0, 0.05) is 12.6 Å². The van der Waals surface area contributed by atoms with Gasteiger partial charge < -0.3 is 10.1 Å². The molecule has 86 valence electrons. The average molecular weight is 213 g/mol. The lowest BCUT2D eigenvalue weighted by atomic mass is 10.1. The largest absolute Gasteiger partial charge is 0.411 e. The molecule has 0 spiro atoms. The summed E-state index contributed by atoms with van der Waals surface area (Å²) in [6.07, 6.45) is -1.66. The third kappa shape index (κ3) is 9.80. The molecule has 0 aromatic heterocycles. The molecule has 0 heterocycles. The smallest absolute Gasteiger partial charge is 0.372 e. The molecule has 1 N–H and O–H groups in total. The van der Waals surface area contributed by atoms with E-state index in [4.69, 9.17) is 0 Å². The fraction of sp³-hybridized carbons (Fsp3) is 1.00. The van der Waals surface area contributed by atoms with Gasteiger partial charge in [-0.05, 0) is 33.2 Å². The highest BCUT2D eigenvalue weighted by atomic mass is 19.4. The molecule has 0 saturated carbocycles. The van der Waals surface area contributed by atoms with Crippen LogP contribution < -0.4 is 5.32 Å². The highest BCUT2D eigenvalue weighted by Crippen LogP contribution is 2.14. The first-order valence-corrected chi connectivity index (χ1v) is 4.77. The minimum Gasteiger partial charge on any atom is -0.372 e. The van der Waals surface area contributed by atoms with Crippen molar-refractivity contribution in [3.63, 3.8) is 0 Å². The number of unbranched alkanes of at least 4 members (excludes halogenated alkanes) is 1. The summed E-state index contributed by atoms with van der Waals surface area (Å²) in [5.74, 6) is 0. The number of halogens is 3. The van der Waals surface area contributed by atoms with Crippen molar-refractivity contribution in [2.45, 2.75) is 38.4 Å². The van der Waals surface area contributed by atoms with Crippen LogP contribution in [0.5, 0.6) is 0 Å². The van der Waals surface area contributed by atoms with Gasteiger partial charge in [0.1, 0.15) is 6.61 Å². The van der Waals surface area contributed by atoms with Gasteiger partial charge >= 0.3 is 6.18 Å². The van der Waals surface area contributed by atoms with Crippen molar-refractivity contribution in [2.75, 3.05) is 20.3 Å². The number of ether oxygens (including phenoxy) is 1. The van der Waals surface area contributed by atoms with E-state index in [1.165, 1.54) is 0 Å². The van der Waals surface area contributed by atoms with E-state index in [1.807, 2.05) is 14.0 Å². The van der Waals surface area contributed by atoms with Crippen molar-refractivity contribution in [2.24, 2.45) is 0 Å². The Hall–Kier alpha value is -0.290. The Morgan fingerprint density at radius 2 is 1.93 bits per heavy atom. The van der Waals surface area contributed by atoms with E-state index in [0.717, 1.165) is 12.8 Å². The molecule has 0 saturated heterocycles. The summed E-state index contributed by atoms with van der Waals surface area (Å²) in [4.78, 5) is 0. The van der Waals surface area contributed by atoms with E-state index in [9.17, 15) is 13.2 Å². The molecule has 0 radical (unpaired) electrons. The monoisotopic (exact) mass is 213 g/mol. The van der Waals surface area contributed by atoms with Crippen molar-refractivity contribution < 1.29 is 17.9 Å². The third-order valence-corrected chi connectivity index (χ3v) is 1.93. The molecule has 0 amide bonds. The van der Waals surface area contributed by atoms with E-state index in [1.54, 1.807) is 0 Å². The highest BCUT2D eigenvalue weighted by molar-refractivity contribution is 4.56. The maximum Gasteiger partial charge on any atom is 0.411 e. The van der Waals surface area contributed by atoms with Gasteiger partial charge in [-0.15, -0.1) is 0 Å². The van der Waals surface area contributed by atoms with Crippen LogP contribution in [-0.2, 0) is 4.74 Å². The Balaban J connectivity index is 3.14. The minimum absolute atomic E-state index is 0.190. The van der Waals surface area contributed by atoms with Crippen molar-refractivity contribution >= 4 is 0 Å². The molecule has 1 atom stereocenters. The zero-order chi connectivity index (χ0) is 11.0. The van der Waals surface area contributed by atoms with Crippen LogP contribution in [0.25, 0.3) is 0 Å². The quantitative estimate of drug-likeness (QED) is 0.655. The lowest BCUT2D eigenvalue weighted by molar-refractivity contribution is -0.174. The molecule has 0 fully saturated rings. The van der Waals surface area contributed by atoms with E-state index >= 15 is 0 Å². The van der Waals surface area contributed by atoms with Gasteiger partial charge in [0.25, 0.3) is 0 Å². The lowest BCUT2D eigenvalue weighted by Crippen LogP contribution is -2.21. The Kier molecular flexibility index (Phi) is 6.92. The van der Waals surface area contributed by atoms with Gasteiger partial charge in [0.2, 0.25) is 0 Å². The summed E-state index contributed by atoms with van der Waals surface area (Å²) in [6, 6.07) is 0.414. The molecule has 0 aliphatic rings. The predicted octanol–water partition coefficient (Wildman–Crippen LogP) is 2.34. The molecular formula is C9H18F3NO. The standard InChI is InChI=1S/C9H18F3NO/c1-8(13-2)5-3-4-6-14-7-9(10,11)12/h8,13H,3-7H2,1-2H3. The summed E-state index contributed by atoms with van der Waals surface area (Å²) in [5, 5.41) is 3.06. The number of hydrogen-bond donors (Lipinski definition) is 1. The van der Waals surface area contributed by atoms with Crippen molar-refractivity contribution in [1.82, 2.24) is 5.32 Å². The van der Waals surface area contributed by atoms with Crippen LogP contribution in [0.1, 0.15) is 26.2 Å². The molecule has 5 heteroatoms. The molecule has 2 nitrogen and oxygen atoms in total. The van der Waals surface area contributed by atoms with Crippen molar-refractivity contribution in [3.8, 4) is 0 Å². The van der Waals surface area contributed by atoms with E-state index in [0.29, 0.717) is 12.5 Å². The zero-order valence-corrected chi connectivity index (χ0v) is 8.66. The third-order valence-electron chi connectivity index (χ3n) is 1.93. The maximum absolute atomic E-state index is 11.6. The second kappa shape index (κ2) is 7.06. The Morgan fingerprint density at radius 1 is 1.29 bits per heavy atom. The number of alkyl halides is 3. The van der Waals surface area contributed by atoms with Crippen molar-refractivity contribution in [3.05, 3.63) is 0 Å². The average Bonchev–Trinajstić information content (AvgIpc) is 2.08. The topological polar surface area (TPSA) is 21.3 Å². The Morgan fingerprint density at radius 3 is 2.43 bits per heavy atom. The molecular weight excluding hydrogens is 195 g/mol. The Labute approximate surface area is 82.8 Å². The normalized spacial score (nSPS) is 14.4. The summed E-state index contributed by atoms with van der Waals surface area (Å²) >= 11 is 0. The molecule has 0 aliphatic carbocycles. The van der Waals surface area contributed by atoms with Gasteiger partial charge in [0.15, 0.2) is 0 Å². The van der Waals surface area contributed by atoms with Crippen LogP contribution in [-0.4, -0.2) is 32.5 Å². The molecule has 1 unspecified atom stereocenters. The summed E-state index contributed by atoms with van der Waals surface area (Å²) in [5.41, 5.74) is 0. The SMILES string of the molecule is CNC(C)CCCCOCC(F)(F)F. The molecule has 0 rings (SSSR count). The number of hydrogen-bond acceptors (Lipinski definition) is 2. The highest BCUT2D eigenvalue weighted by Gasteiger charge is 2.27. The second-order valence-corrected chi connectivity index (χ2v) is 3.35. The Bertz CT molecular complexity index is 139. The molecule has 0 aromatic rings. The van der Waals surface area contributed by atoms with E-state index in [-0.39, 0.29) is 6.61 Å². The molecule has 14 heavy (non-hydrogen) atoms. The fourth-order valence-corrected chi connectivity index (χ4v) is 0.987. The zero-order valence-electron chi connectivity index (χ0n) is 8.66. The minimum atomic E-state index is -4.20. The predicted molar refractivity (Wildman–Crippen MR) is 49.2 cm³/mol. The van der Waals surface area contributed by atoms with Crippen LogP contribution in [0.2, 0.25) is 0 Å². The second-order valence-electron chi connectivity index (χ2n) is 3.35.